The summed E-state index contributed by atoms with van der Waals surface area (Å²) in [5, 5.41) is 1.35. The van der Waals surface area contributed by atoms with Crippen LogP contribution >= 0.6 is 55.1 Å². The molecule has 2 aliphatic heterocycles. The number of rotatable bonds is 4. The summed E-state index contributed by atoms with van der Waals surface area (Å²) in [5.74, 6) is 0. The smallest absolute Gasteiger partial charge is 0.252 e. The average Bonchev–Trinajstić information content (AvgIpc) is 3.15. The summed E-state index contributed by atoms with van der Waals surface area (Å²) in [4.78, 5) is 4.73. The number of hydrogen-bond acceptors (Lipinski definition) is 2. The van der Waals surface area contributed by atoms with E-state index in [1.165, 1.54) is 22.2 Å². The van der Waals surface area contributed by atoms with Crippen LogP contribution in [-0.2, 0) is 5.41 Å². The number of fused-ring (bicyclic) bond motifs is 4. The largest absolute Gasteiger partial charge is 0.310 e. The molecule has 0 unspecified atom stereocenters. The minimum absolute atomic E-state index is 0.135. The lowest BCUT2D eigenvalue weighted by Gasteiger charge is -2.45. The molecule has 0 saturated heterocycles. The van der Waals surface area contributed by atoms with Crippen LogP contribution < -0.4 is 26.2 Å². The second-order valence-electron chi connectivity index (χ2n) is 14.8. The molecule has 7 aromatic rings. The first kappa shape index (κ1) is 34.5. The Bertz CT molecular complexity index is 2370. The van der Waals surface area contributed by atoms with Gasteiger partial charge in [0.05, 0.1) is 21.4 Å². The van der Waals surface area contributed by atoms with Crippen LogP contribution in [0.25, 0.3) is 22.3 Å². The molecule has 0 fully saturated rings. The van der Waals surface area contributed by atoms with Crippen molar-refractivity contribution in [2.45, 2.75) is 26.2 Å². The molecule has 0 radical (unpaired) electrons. The van der Waals surface area contributed by atoms with Crippen molar-refractivity contribution >= 4 is 112 Å². The lowest BCUT2D eigenvalue weighted by atomic mass is 9.33. The second-order valence-corrected chi connectivity index (χ2v) is 17.4. The number of halogens is 4. The Kier molecular flexibility index (Phi) is 8.63. The zero-order valence-electron chi connectivity index (χ0n) is 29.3. The van der Waals surface area contributed by atoms with Gasteiger partial charge in [-0.05, 0) is 98.2 Å². The van der Waals surface area contributed by atoms with Gasteiger partial charge in [-0.15, -0.1) is 0 Å². The van der Waals surface area contributed by atoms with E-state index in [1.807, 2.05) is 12.1 Å². The van der Waals surface area contributed by atoms with Gasteiger partial charge in [0.2, 0.25) is 0 Å². The molecule has 0 amide bonds. The third-order valence-corrected chi connectivity index (χ3v) is 11.9. The summed E-state index contributed by atoms with van der Waals surface area (Å²) in [7, 11) is 0. The Hall–Kier alpha value is -4.26. The highest BCUT2D eigenvalue weighted by Gasteiger charge is 2.45. The third-order valence-electron chi connectivity index (χ3n) is 10.4. The molecule has 0 bridgehead atoms. The fourth-order valence-corrected chi connectivity index (χ4v) is 9.77. The predicted molar refractivity (Wildman–Crippen MR) is 235 cm³/mol. The molecule has 0 atom stereocenters. The van der Waals surface area contributed by atoms with Crippen molar-refractivity contribution in [3.05, 3.63) is 170 Å². The topological polar surface area (TPSA) is 6.48 Å². The van der Waals surface area contributed by atoms with Crippen molar-refractivity contribution in [1.82, 2.24) is 0 Å². The van der Waals surface area contributed by atoms with Gasteiger partial charge in [-0.3, -0.25) is 0 Å². The van der Waals surface area contributed by atoms with Crippen LogP contribution in [0.15, 0.2) is 155 Å². The van der Waals surface area contributed by atoms with Crippen LogP contribution in [0.3, 0.4) is 0 Å². The van der Waals surface area contributed by atoms with Crippen molar-refractivity contribution in [3.63, 3.8) is 0 Å². The Balaban J connectivity index is 1.34. The minimum Gasteiger partial charge on any atom is -0.310 e. The predicted octanol–water partition coefficient (Wildman–Crippen LogP) is 13.2. The first-order valence-corrected chi connectivity index (χ1v) is 20.0. The summed E-state index contributed by atoms with van der Waals surface area (Å²) in [6, 6.07) is 51.9. The lowest BCUT2D eigenvalue weighted by molar-refractivity contribution is 0.590. The van der Waals surface area contributed by atoms with E-state index in [-0.39, 0.29) is 12.1 Å². The average molecular weight is 855 g/mol. The molecule has 0 N–H and O–H groups in total. The van der Waals surface area contributed by atoms with Crippen LogP contribution in [0, 0.1) is 0 Å². The van der Waals surface area contributed by atoms with E-state index in [0.717, 1.165) is 65.1 Å². The Morgan fingerprint density at radius 2 is 0.868 bits per heavy atom. The molecular formula is C46H33BBr2Cl2N2. The molecule has 7 aromatic carbocycles. The van der Waals surface area contributed by atoms with Gasteiger partial charge in [-0.1, -0.05) is 173 Å². The molecular weight excluding hydrogens is 822 g/mol. The SMILES string of the molecule is CC(C)(C)c1cc2c3c(c1)N(c1ccc(-c4ccccc4)cc1)c1c(Cl)cc(Br)cc1B3c1cc(Br)cc(Cl)c1N2c1ccc(-c2ccccc2)cc1. The van der Waals surface area contributed by atoms with Gasteiger partial charge in [0.1, 0.15) is 0 Å². The van der Waals surface area contributed by atoms with Crippen LogP contribution in [0.1, 0.15) is 26.3 Å². The Morgan fingerprint density at radius 1 is 0.491 bits per heavy atom. The number of hydrogen-bond donors (Lipinski definition) is 0. The summed E-state index contributed by atoms with van der Waals surface area (Å²) in [5.41, 5.74) is 15.4. The van der Waals surface area contributed by atoms with Crippen molar-refractivity contribution in [2.75, 3.05) is 9.80 Å². The molecule has 0 saturated carbocycles. The van der Waals surface area contributed by atoms with Gasteiger partial charge in [0, 0.05) is 31.7 Å². The third kappa shape index (κ3) is 5.94. The molecule has 258 valence electrons. The fourth-order valence-electron chi connectivity index (χ4n) is 7.93. The molecule has 2 nitrogen and oxygen atoms in total. The van der Waals surface area contributed by atoms with Crippen molar-refractivity contribution in [1.29, 1.82) is 0 Å². The zero-order valence-corrected chi connectivity index (χ0v) is 34.0. The molecule has 2 aliphatic rings. The van der Waals surface area contributed by atoms with Crippen molar-refractivity contribution in [2.24, 2.45) is 0 Å². The van der Waals surface area contributed by atoms with Crippen LogP contribution in [0.5, 0.6) is 0 Å². The van der Waals surface area contributed by atoms with E-state index >= 15 is 0 Å². The van der Waals surface area contributed by atoms with E-state index in [9.17, 15) is 0 Å². The first-order valence-electron chi connectivity index (χ1n) is 17.6. The first-order chi connectivity index (χ1) is 25.6. The van der Waals surface area contributed by atoms with E-state index in [0.29, 0.717) is 10.0 Å². The number of nitrogens with zero attached hydrogens (tertiary/aromatic N) is 2. The highest BCUT2D eigenvalue weighted by atomic mass is 79.9. The van der Waals surface area contributed by atoms with Gasteiger partial charge in [0.15, 0.2) is 0 Å². The van der Waals surface area contributed by atoms with Gasteiger partial charge >= 0.3 is 0 Å². The summed E-state index contributed by atoms with van der Waals surface area (Å²) < 4.78 is 1.86. The number of anilines is 6. The lowest BCUT2D eigenvalue weighted by Crippen LogP contribution is -2.61. The standard InChI is InChI=1S/C46H33BBr2Cl2N2/c1-46(2,3)32-22-41-43-42(23-32)53(36-20-16-31(17-21-36)29-12-8-5-9-13-29)45-38(25-34(49)27-40(45)51)47(43)37-24-33(48)26-39(50)44(37)52(41)35-18-14-30(15-19-35)28-10-6-4-7-11-28/h4-27H,1-3H3. The number of benzene rings is 7. The molecule has 0 aromatic heterocycles. The summed E-state index contributed by atoms with van der Waals surface area (Å²) >= 11 is 22.4. The van der Waals surface area contributed by atoms with E-state index in [4.69, 9.17) is 23.2 Å². The maximum atomic E-state index is 7.36. The maximum absolute atomic E-state index is 7.36. The summed E-state index contributed by atoms with van der Waals surface area (Å²) in [6.07, 6.45) is 0. The zero-order chi connectivity index (χ0) is 36.6. The highest BCUT2D eigenvalue weighted by molar-refractivity contribution is 9.10. The molecule has 0 aliphatic carbocycles. The van der Waals surface area contributed by atoms with Gasteiger partial charge < -0.3 is 9.80 Å². The monoisotopic (exact) mass is 852 g/mol. The van der Waals surface area contributed by atoms with Gasteiger partial charge in [-0.2, -0.15) is 0 Å². The highest BCUT2D eigenvalue weighted by Crippen LogP contribution is 2.49. The maximum Gasteiger partial charge on any atom is 0.252 e. The molecule has 0 spiro atoms. The molecule has 7 heteroatoms. The van der Waals surface area contributed by atoms with E-state index in [1.54, 1.807) is 0 Å². The Morgan fingerprint density at radius 3 is 1.25 bits per heavy atom. The van der Waals surface area contributed by atoms with Crippen molar-refractivity contribution < 1.29 is 0 Å². The van der Waals surface area contributed by atoms with Crippen LogP contribution in [0.4, 0.5) is 34.1 Å². The summed E-state index contributed by atoms with van der Waals surface area (Å²) in [6.45, 7) is 6.69. The van der Waals surface area contributed by atoms with Crippen LogP contribution in [0.2, 0.25) is 10.0 Å². The second kappa shape index (κ2) is 13.2. The quantitative estimate of drug-likeness (QED) is 0.163. The van der Waals surface area contributed by atoms with E-state index in [2.05, 4.69) is 196 Å². The van der Waals surface area contributed by atoms with Crippen molar-refractivity contribution in [3.8, 4) is 22.3 Å². The molecule has 9 rings (SSSR count). The van der Waals surface area contributed by atoms with E-state index < -0.39 is 0 Å². The van der Waals surface area contributed by atoms with Gasteiger partial charge in [0.25, 0.3) is 6.71 Å². The minimum atomic E-state index is -0.153. The Labute approximate surface area is 338 Å². The van der Waals surface area contributed by atoms with Crippen LogP contribution in [-0.4, -0.2) is 6.71 Å². The normalized spacial score (nSPS) is 13.1. The molecule has 2 heterocycles. The molecule has 53 heavy (non-hydrogen) atoms. The van der Waals surface area contributed by atoms with Gasteiger partial charge in [-0.25, -0.2) is 0 Å². The fraction of sp³-hybridized carbons (Fsp3) is 0.0870.